The maximum Gasteiger partial charge on any atom is 0.192 e. The molecule has 0 fully saturated rings. The van der Waals surface area contributed by atoms with Crippen molar-refractivity contribution in [1.82, 2.24) is 0 Å². The molecule has 0 aromatic heterocycles. The van der Waals surface area contributed by atoms with Crippen LogP contribution in [0.15, 0.2) is 47.4 Å². The minimum absolute atomic E-state index is 0.553. The zero-order valence-electron chi connectivity index (χ0n) is 12.3. The number of fused-ring (bicyclic) bond motifs is 3. The number of hydrogen-bond acceptors (Lipinski definition) is 3. The first-order chi connectivity index (χ1) is 10.2. The van der Waals surface area contributed by atoms with Gasteiger partial charge in [-0.2, -0.15) is 0 Å². The van der Waals surface area contributed by atoms with E-state index in [0.717, 1.165) is 5.56 Å². The van der Waals surface area contributed by atoms with E-state index in [-0.39, 0.29) is 0 Å². The summed E-state index contributed by atoms with van der Waals surface area (Å²) in [6.07, 6.45) is 1.17. The maximum absolute atomic E-state index is 5.72. The fourth-order valence-electron chi connectivity index (χ4n) is 2.44. The maximum atomic E-state index is 5.72. The molecule has 108 valence electrons. The summed E-state index contributed by atoms with van der Waals surface area (Å²) in [5, 5.41) is 1.22. The third kappa shape index (κ3) is 2.99. The van der Waals surface area contributed by atoms with E-state index in [0.29, 0.717) is 16.9 Å². The first kappa shape index (κ1) is 14.6. The molecule has 1 aliphatic rings. The van der Waals surface area contributed by atoms with Crippen LogP contribution >= 0.6 is 24.0 Å². The van der Waals surface area contributed by atoms with Gasteiger partial charge in [0.2, 0.25) is 0 Å². The van der Waals surface area contributed by atoms with Crippen LogP contribution < -0.4 is 0 Å². The van der Waals surface area contributed by atoms with Crippen LogP contribution in [0.5, 0.6) is 0 Å². The molecule has 0 amide bonds. The van der Waals surface area contributed by atoms with E-state index in [9.17, 15) is 0 Å². The Bertz CT molecular complexity index is 679. The van der Waals surface area contributed by atoms with Gasteiger partial charge in [-0.05, 0) is 53.5 Å². The van der Waals surface area contributed by atoms with Gasteiger partial charge in [0.15, 0.2) is 5.05 Å². The molecule has 2 aromatic carbocycles. The largest absolute Gasteiger partial charge is 0.478 e. The molecule has 0 radical (unpaired) electrons. The quantitative estimate of drug-likeness (QED) is 0.551. The lowest BCUT2D eigenvalue weighted by Crippen LogP contribution is -2.01. The average Bonchev–Trinajstić information content (AvgIpc) is 2.65. The molecule has 3 heteroatoms. The number of ether oxygens (including phenoxy) is 1. The summed E-state index contributed by atoms with van der Waals surface area (Å²) in [6.45, 7) is 5.04. The summed E-state index contributed by atoms with van der Waals surface area (Å²) in [5.41, 5.74) is 4.66. The first-order valence-electron chi connectivity index (χ1n) is 7.25. The zero-order valence-corrected chi connectivity index (χ0v) is 13.9. The zero-order chi connectivity index (χ0) is 14.8. The van der Waals surface area contributed by atoms with Gasteiger partial charge in [0.1, 0.15) is 6.61 Å². The predicted octanol–water partition coefficient (Wildman–Crippen LogP) is 5.45. The molecule has 1 nitrogen and oxygen atoms in total. The first-order valence-corrected chi connectivity index (χ1v) is 8.54. The second-order valence-corrected chi connectivity index (χ2v) is 7.16. The predicted molar refractivity (Wildman–Crippen MR) is 94.0 cm³/mol. The van der Waals surface area contributed by atoms with Crippen LogP contribution in [0.1, 0.15) is 31.4 Å². The van der Waals surface area contributed by atoms with E-state index >= 15 is 0 Å². The van der Waals surface area contributed by atoms with Crippen LogP contribution in [0.2, 0.25) is 0 Å². The third-order valence-electron chi connectivity index (χ3n) is 3.79. The van der Waals surface area contributed by atoms with E-state index in [4.69, 9.17) is 17.0 Å². The highest BCUT2D eigenvalue weighted by Gasteiger charge is 2.19. The van der Waals surface area contributed by atoms with Gasteiger partial charge in [-0.3, -0.25) is 0 Å². The fraction of sp³-hybridized carbons (Fsp3) is 0.278. The average molecular weight is 314 g/mol. The fourth-order valence-corrected chi connectivity index (χ4v) is 3.64. The number of benzene rings is 2. The van der Waals surface area contributed by atoms with Crippen LogP contribution in [-0.4, -0.2) is 10.3 Å². The second kappa shape index (κ2) is 6.20. The molecule has 21 heavy (non-hydrogen) atoms. The van der Waals surface area contributed by atoms with Gasteiger partial charge >= 0.3 is 0 Å². The molecule has 0 N–H and O–H groups in total. The van der Waals surface area contributed by atoms with Crippen molar-refractivity contribution in [2.24, 2.45) is 0 Å². The van der Waals surface area contributed by atoms with E-state index in [1.807, 2.05) is 17.8 Å². The Labute approximate surface area is 135 Å². The lowest BCUT2D eigenvalue weighted by atomic mass is 9.97. The normalized spacial score (nSPS) is 14.7. The van der Waals surface area contributed by atoms with Crippen LogP contribution in [-0.2, 0) is 11.3 Å². The van der Waals surface area contributed by atoms with Crippen molar-refractivity contribution < 1.29 is 4.74 Å². The molecule has 1 atom stereocenters. The summed E-state index contributed by atoms with van der Waals surface area (Å²) < 4.78 is 5.72. The van der Waals surface area contributed by atoms with Crippen molar-refractivity contribution in [2.45, 2.75) is 37.0 Å². The smallest absolute Gasteiger partial charge is 0.192 e. The minimum Gasteiger partial charge on any atom is -0.478 e. The van der Waals surface area contributed by atoms with Crippen molar-refractivity contribution in [1.29, 1.82) is 0 Å². The van der Waals surface area contributed by atoms with Gasteiger partial charge in [0.25, 0.3) is 0 Å². The molecule has 0 spiro atoms. The van der Waals surface area contributed by atoms with Gasteiger partial charge in [0, 0.05) is 15.7 Å². The highest BCUT2D eigenvalue weighted by Crippen LogP contribution is 2.36. The molecule has 0 aliphatic carbocycles. The Kier molecular flexibility index (Phi) is 4.32. The van der Waals surface area contributed by atoms with Gasteiger partial charge < -0.3 is 4.74 Å². The van der Waals surface area contributed by atoms with Crippen LogP contribution in [0.3, 0.4) is 0 Å². The summed E-state index contributed by atoms with van der Waals surface area (Å²) in [7, 11) is 0. The van der Waals surface area contributed by atoms with Crippen molar-refractivity contribution in [3.05, 3.63) is 53.6 Å². The van der Waals surface area contributed by atoms with Gasteiger partial charge in [0.05, 0.1) is 0 Å². The van der Waals surface area contributed by atoms with E-state index in [1.54, 1.807) is 0 Å². The van der Waals surface area contributed by atoms with Gasteiger partial charge in [-0.1, -0.05) is 38.1 Å². The second-order valence-electron chi connectivity index (χ2n) is 5.28. The van der Waals surface area contributed by atoms with Crippen molar-refractivity contribution >= 4 is 29.0 Å². The minimum atomic E-state index is 0.553. The van der Waals surface area contributed by atoms with Crippen molar-refractivity contribution in [2.75, 3.05) is 0 Å². The van der Waals surface area contributed by atoms with Gasteiger partial charge in [-0.25, -0.2) is 0 Å². The highest BCUT2D eigenvalue weighted by molar-refractivity contribution is 8.00. The lowest BCUT2D eigenvalue weighted by Gasteiger charge is -2.12. The number of rotatable bonds is 3. The van der Waals surface area contributed by atoms with Gasteiger partial charge in [-0.15, -0.1) is 11.8 Å². The monoisotopic (exact) mass is 314 g/mol. The Morgan fingerprint density at radius 2 is 1.95 bits per heavy atom. The van der Waals surface area contributed by atoms with Crippen LogP contribution in [0.25, 0.3) is 11.1 Å². The Balaban J connectivity index is 2.10. The SMILES string of the molecule is CCC(C)Sc1ccc2c(c1)-c1ccccc1COC2=S. The van der Waals surface area contributed by atoms with Crippen LogP contribution in [0.4, 0.5) is 0 Å². The number of hydrogen-bond donors (Lipinski definition) is 0. The molecule has 2 aromatic rings. The molecule has 1 unspecified atom stereocenters. The summed E-state index contributed by atoms with van der Waals surface area (Å²) in [6, 6.07) is 14.9. The Morgan fingerprint density at radius 1 is 1.14 bits per heavy atom. The molecule has 0 saturated carbocycles. The lowest BCUT2D eigenvalue weighted by molar-refractivity contribution is 0.304. The number of thioether (sulfide) groups is 1. The van der Waals surface area contributed by atoms with Crippen molar-refractivity contribution in [3.8, 4) is 11.1 Å². The Morgan fingerprint density at radius 3 is 2.76 bits per heavy atom. The summed E-state index contributed by atoms with van der Waals surface area (Å²) >= 11 is 7.33. The summed E-state index contributed by atoms with van der Waals surface area (Å²) in [4.78, 5) is 1.29. The highest BCUT2D eigenvalue weighted by atomic mass is 32.2. The Hall–Kier alpha value is -1.32. The molecular formula is C18H18OS2. The standard InChI is InChI=1S/C18H18OS2/c1-3-12(2)21-14-8-9-16-17(10-14)15-7-5-4-6-13(15)11-19-18(16)20/h4-10,12H,3,11H2,1-2H3. The van der Waals surface area contributed by atoms with Crippen LogP contribution in [0, 0.1) is 0 Å². The van der Waals surface area contributed by atoms with E-state index in [2.05, 4.69) is 50.2 Å². The number of thiocarbonyl (C=S) groups is 1. The molecule has 3 rings (SSSR count). The molecular weight excluding hydrogens is 296 g/mol. The molecule has 1 aliphatic heterocycles. The third-order valence-corrected chi connectivity index (χ3v) is 5.39. The molecule has 0 bridgehead atoms. The van der Waals surface area contributed by atoms with E-state index in [1.165, 1.54) is 28.0 Å². The van der Waals surface area contributed by atoms with E-state index < -0.39 is 0 Å². The molecule has 1 heterocycles. The topological polar surface area (TPSA) is 9.23 Å². The molecule has 0 saturated heterocycles. The van der Waals surface area contributed by atoms with Crippen molar-refractivity contribution in [3.63, 3.8) is 0 Å². The summed E-state index contributed by atoms with van der Waals surface area (Å²) in [5.74, 6) is 0.